The van der Waals surface area contributed by atoms with Crippen LogP contribution in [0.25, 0.3) is 0 Å². The number of hydrogen-bond donors (Lipinski definition) is 2. The van der Waals surface area contributed by atoms with Gasteiger partial charge in [0.05, 0.1) is 28.2 Å². The maximum absolute atomic E-state index is 13.3. The number of nitrogens with zero attached hydrogens (tertiary/aromatic N) is 5. The molecule has 2 aromatic carbocycles. The number of aryl methyl sites for hydroxylation is 1. The highest BCUT2D eigenvalue weighted by atomic mass is 35.5. The molecule has 15 heteroatoms. The Morgan fingerprint density at radius 2 is 2.07 bits per heavy atom. The van der Waals surface area contributed by atoms with Gasteiger partial charge in [-0.15, -0.1) is 10.2 Å². The van der Waals surface area contributed by atoms with Crippen molar-refractivity contribution in [2.24, 2.45) is 5.73 Å². The number of aromatic nitrogens is 2. The molecule has 0 saturated heterocycles. The Morgan fingerprint density at radius 3 is 2.79 bits per heavy atom. The number of ketones is 1. The minimum atomic E-state index is -0.748. The molecule has 11 nitrogen and oxygen atoms in total. The number of allylic oxidation sites excluding steroid dienone is 3. The number of nitriles is 1. The molecule has 0 bridgehead atoms. The molecule has 2 aliphatic rings. The van der Waals surface area contributed by atoms with Gasteiger partial charge in [-0.25, -0.2) is 0 Å². The number of nitro groups is 1. The van der Waals surface area contributed by atoms with E-state index in [0.717, 1.165) is 23.1 Å². The molecule has 2 heterocycles. The highest BCUT2D eigenvalue weighted by Gasteiger charge is 2.42. The van der Waals surface area contributed by atoms with Gasteiger partial charge in [0, 0.05) is 45.1 Å². The monoisotopic (exact) mass is 641 g/mol. The molecule has 1 aliphatic carbocycles. The van der Waals surface area contributed by atoms with Crippen molar-refractivity contribution < 1.29 is 14.5 Å². The molecule has 1 amide bonds. The molecule has 1 aliphatic heterocycles. The van der Waals surface area contributed by atoms with E-state index in [1.165, 1.54) is 6.07 Å². The SMILES string of the molecule is Cc1ccc(NC(=O)CSc2nnc(N3C(N)=C(C#N)C(c4ccc(Cl)cc4Cl)C4=C3CCCC4=O)s2)cc1[N+](=O)[O-]. The lowest BCUT2D eigenvalue weighted by atomic mass is 9.76. The van der Waals surface area contributed by atoms with Crippen LogP contribution in [0.2, 0.25) is 10.0 Å². The van der Waals surface area contributed by atoms with E-state index < -0.39 is 10.8 Å². The zero-order chi connectivity index (χ0) is 30.1. The zero-order valence-corrected chi connectivity index (χ0v) is 25.0. The van der Waals surface area contributed by atoms with Gasteiger partial charge < -0.3 is 11.1 Å². The third-order valence-electron chi connectivity index (χ3n) is 6.79. The molecule has 42 heavy (non-hydrogen) atoms. The summed E-state index contributed by atoms with van der Waals surface area (Å²) in [5.41, 5.74) is 9.06. The largest absolute Gasteiger partial charge is 0.384 e. The number of hydrogen-bond acceptors (Lipinski definition) is 11. The second-order valence-corrected chi connectivity index (χ2v) is 12.4. The van der Waals surface area contributed by atoms with Crippen molar-refractivity contribution in [1.82, 2.24) is 10.2 Å². The van der Waals surface area contributed by atoms with E-state index >= 15 is 0 Å². The van der Waals surface area contributed by atoms with E-state index in [0.29, 0.717) is 66.9 Å². The first-order chi connectivity index (χ1) is 20.1. The second kappa shape index (κ2) is 12.1. The molecule has 0 saturated carbocycles. The molecular weight excluding hydrogens is 621 g/mol. The zero-order valence-electron chi connectivity index (χ0n) is 21.9. The summed E-state index contributed by atoms with van der Waals surface area (Å²) in [6, 6.07) is 11.5. The molecular formula is C27H21Cl2N7O4S2. The summed E-state index contributed by atoms with van der Waals surface area (Å²) in [5.74, 6) is -1.15. The summed E-state index contributed by atoms with van der Waals surface area (Å²) in [5, 5.41) is 33.6. The smallest absolute Gasteiger partial charge is 0.274 e. The highest BCUT2D eigenvalue weighted by molar-refractivity contribution is 8.01. The van der Waals surface area contributed by atoms with E-state index in [-0.39, 0.29) is 34.5 Å². The maximum atomic E-state index is 13.3. The fraction of sp³-hybridized carbons (Fsp3) is 0.222. The Hall–Kier alpha value is -3.96. The van der Waals surface area contributed by atoms with E-state index in [1.54, 1.807) is 42.2 Å². The van der Waals surface area contributed by atoms with Crippen molar-refractivity contribution in [2.45, 2.75) is 36.4 Å². The minimum absolute atomic E-state index is 0.0331. The number of amides is 1. The fourth-order valence-corrected chi connectivity index (χ4v) is 7.11. The average molecular weight is 643 g/mol. The number of nitro benzene ring substituents is 1. The van der Waals surface area contributed by atoms with E-state index in [4.69, 9.17) is 28.9 Å². The first-order valence-electron chi connectivity index (χ1n) is 12.5. The number of nitrogens with two attached hydrogens (primary N) is 1. The third kappa shape index (κ3) is 5.71. The van der Waals surface area contributed by atoms with Gasteiger partial charge in [-0.2, -0.15) is 5.26 Å². The van der Waals surface area contributed by atoms with Crippen LogP contribution in [0.1, 0.15) is 36.3 Å². The number of nitrogens with one attached hydrogen (secondary N) is 1. The molecule has 1 unspecified atom stereocenters. The van der Waals surface area contributed by atoms with Gasteiger partial charge in [-0.05, 0) is 43.5 Å². The van der Waals surface area contributed by atoms with Gasteiger partial charge in [-0.1, -0.05) is 58.4 Å². The van der Waals surface area contributed by atoms with Crippen molar-refractivity contribution in [2.75, 3.05) is 16.0 Å². The van der Waals surface area contributed by atoms with Crippen molar-refractivity contribution in [3.63, 3.8) is 0 Å². The van der Waals surface area contributed by atoms with Crippen LogP contribution in [-0.4, -0.2) is 32.6 Å². The number of Topliss-reactive ketones (excluding diaryl/α,β-unsaturated/α-hetero) is 1. The summed E-state index contributed by atoms with van der Waals surface area (Å²) >= 11 is 14.9. The number of carbonyl (C=O) groups is 2. The van der Waals surface area contributed by atoms with Crippen LogP contribution < -0.4 is 16.0 Å². The van der Waals surface area contributed by atoms with Gasteiger partial charge in [0.1, 0.15) is 5.82 Å². The fourth-order valence-electron chi connectivity index (χ4n) is 4.91. The Labute approximate surface area is 258 Å². The lowest BCUT2D eigenvalue weighted by Crippen LogP contribution is -2.38. The summed E-state index contributed by atoms with van der Waals surface area (Å²) < 4.78 is 0.452. The Morgan fingerprint density at radius 1 is 1.29 bits per heavy atom. The number of benzene rings is 2. The molecule has 3 aromatic rings. The molecule has 0 spiro atoms. The van der Waals surface area contributed by atoms with Crippen molar-refractivity contribution in [3.8, 4) is 6.07 Å². The van der Waals surface area contributed by atoms with E-state index in [1.807, 2.05) is 0 Å². The standard InChI is InChI=1S/C27H21Cl2N7O4S2/c1-13-5-7-15(10-20(13)36(39)40)32-22(38)12-41-27-34-33-26(42-27)35-19-3-2-4-21(37)24(19)23(17(11-30)25(35)31)16-8-6-14(28)9-18(16)29/h5-10,23H,2-4,12,31H2,1H3,(H,32,38). The molecule has 0 fully saturated rings. The average Bonchev–Trinajstić information content (AvgIpc) is 3.41. The van der Waals surface area contributed by atoms with Gasteiger partial charge in [-0.3, -0.25) is 24.6 Å². The summed E-state index contributed by atoms with van der Waals surface area (Å²) in [6.45, 7) is 1.62. The molecule has 1 aromatic heterocycles. The topological polar surface area (TPSA) is 168 Å². The van der Waals surface area contributed by atoms with Gasteiger partial charge >= 0.3 is 0 Å². The highest BCUT2D eigenvalue weighted by Crippen LogP contribution is 2.48. The van der Waals surface area contributed by atoms with Crippen molar-refractivity contribution >= 4 is 74.5 Å². The Kier molecular flexibility index (Phi) is 8.51. The number of thioether (sulfide) groups is 1. The van der Waals surface area contributed by atoms with Crippen LogP contribution in [0.5, 0.6) is 0 Å². The second-order valence-electron chi connectivity index (χ2n) is 9.43. The predicted molar refractivity (Wildman–Crippen MR) is 161 cm³/mol. The normalized spacial score (nSPS) is 16.8. The molecule has 0 radical (unpaired) electrons. The first-order valence-corrected chi connectivity index (χ1v) is 15.1. The van der Waals surface area contributed by atoms with Crippen LogP contribution in [0.3, 0.4) is 0 Å². The molecule has 3 N–H and O–H groups in total. The van der Waals surface area contributed by atoms with E-state index in [9.17, 15) is 25.0 Å². The van der Waals surface area contributed by atoms with Crippen molar-refractivity contribution in [1.29, 1.82) is 5.26 Å². The Bertz CT molecular complexity index is 1750. The van der Waals surface area contributed by atoms with Crippen LogP contribution in [0, 0.1) is 28.4 Å². The van der Waals surface area contributed by atoms with E-state index in [2.05, 4.69) is 21.6 Å². The van der Waals surface area contributed by atoms with Crippen LogP contribution in [0.4, 0.5) is 16.5 Å². The maximum Gasteiger partial charge on any atom is 0.274 e. The van der Waals surface area contributed by atoms with Crippen LogP contribution in [0.15, 0.2) is 63.4 Å². The summed E-state index contributed by atoms with van der Waals surface area (Å²) in [7, 11) is 0. The van der Waals surface area contributed by atoms with Gasteiger partial charge in [0.15, 0.2) is 10.1 Å². The number of rotatable bonds is 7. The van der Waals surface area contributed by atoms with Crippen LogP contribution >= 0.6 is 46.3 Å². The quantitative estimate of drug-likeness (QED) is 0.175. The third-order valence-corrected chi connectivity index (χ3v) is 9.39. The number of halogens is 2. The van der Waals surface area contributed by atoms with Gasteiger partial charge in [0.2, 0.25) is 11.0 Å². The number of carbonyl (C=O) groups excluding carboxylic acids is 2. The summed E-state index contributed by atoms with van der Waals surface area (Å²) in [6.07, 6.45) is 1.45. The predicted octanol–water partition coefficient (Wildman–Crippen LogP) is 6.10. The summed E-state index contributed by atoms with van der Waals surface area (Å²) in [4.78, 5) is 38.1. The van der Waals surface area contributed by atoms with Crippen molar-refractivity contribution in [3.05, 3.63) is 90.3 Å². The lowest BCUT2D eigenvalue weighted by molar-refractivity contribution is -0.385. The van der Waals surface area contributed by atoms with Gasteiger partial charge in [0.25, 0.3) is 5.69 Å². The Balaban J connectivity index is 1.40. The molecule has 214 valence electrons. The molecule has 5 rings (SSSR count). The lowest BCUT2D eigenvalue weighted by Gasteiger charge is -2.38. The number of anilines is 2. The first kappa shape index (κ1) is 29.5. The molecule has 1 atom stereocenters. The van der Waals surface area contributed by atoms with Crippen LogP contribution in [-0.2, 0) is 9.59 Å². The minimum Gasteiger partial charge on any atom is -0.384 e.